The number of nitrogens with one attached hydrogen (secondary N) is 1. The summed E-state index contributed by atoms with van der Waals surface area (Å²) in [6.07, 6.45) is 6.23. The Labute approximate surface area is 149 Å². The number of anilines is 1. The van der Waals surface area contributed by atoms with Crippen LogP contribution in [0.3, 0.4) is 0 Å². The Morgan fingerprint density at radius 3 is 2.92 bits per heavy atom. The summed E-state index contributed by atoms with van der Waals surface area (Å²) in [5, 5.41) is 2.96. The lowest BCUT2D eigenvalue weighted by Crippen LogP contribution is -2.39. The lowest BCUT2D eigenvalue weighted by Gasteiger charge is -2.36. The molecule has 1 aliphatic heterocycles. The van der Waals surface area contributed by atoms with Gasteiger partial charge in [0, 0.05) is 25.2 Å². The molecule has 5 heteroatoms. The van der Waals surface area contributed by atoms with E-state index in [-0.39, 0.29) is 5.91 Å². The fraction of sp³-hybridized carbons (Fsp3) is 0.450. The van der Waals surface area contributed by atoms with Gasteiger partial charge in [-0.25, -0.2) is 9.97 Å². The molecule has 1 saturated heterocycles. The highest BCUT2D eigenvalue weighted by Crippen LogP contribution is 2.25. The second-order valence-corrected chi connectivity index (χ2v) is 6.62. The number of aromatic nitrogens is 2. The van der Waals surface area contributed by atoms with E-state index in [0.717, 1.165) is 24.3 Å². The Morgan fingerprint density at radius 1 is 1.28 bits per heavy atom. The number of carbonyl (C=O) groups excluding carboxylic acids is 1. The van der Waals surface area contributed by atoms with E-state index in [0.29, 0.717) is 18.3 Å². The van der Waals surface area contributed by atoms with Crippen molar-refractivity contribution in [1.82, 2.24) is 15.3 Å². The Morgan fingerprint density at radius 2 is 2.12 bits per heavy atom. The van der Waals surface area contributed by atoms with Crippen LogP contribution in [0.5, 0.6) is 0 Å². The Hall–Kier alpha value is -2.43. The van der Waals surface area contributed by atoms with Crippen molar-refractivity contribution >= 4 is 11.7 Å². The molecule has 2 aromatic rings. The van der Waals surface area contributed by atoms with Gasteiger partial charge < -0.3 is 10.2 Å². The fourth-order valence-corrected chi connectivity index (χ4v) is 3.43. The van der Waals surface area contributed by atoms with Crippen LogP contribution in [-0.2, 0) is 6.54 Å². The third-order valence-electron chi connectivity index (χ3n) is 4.98. The number of carbonyl (C=O) groups is 1. The lowest BCUT2D eigenvalue weighted by molar-refractivity contribution is 0.0945. The molecule has 1 N–H and O–H groups in total. The maximum atomic E-state index is 12.5. The van der Waals surface area contributed by atoms with Gasteiger partial charge in [-0.05, 0) is 43.7 Å². The number of nitrogens with zero attached hydrogens (tertiary/aromatic N) is 3. The second-order valence-electron chi connectivity index (χ2n) is 6.62. The third kappa shape index (κ3) is 4.16. The summed E-state index contributed by atoms with van der Waals surface area (Å²) in [5.74, 6) is 0.708. The summed E-state index contributed by atoms with van der Waals surface area (Å²) in [6.45, 7) is 5.76. The molecule has 0 radical (unpaired) electrons. The first-order chi connectivity index (χ1) is 12.2. The predicted octanol–water partition coefficient (Wildman–Crippen LogP) is 3.48. The molecule has 25 heavy (non-hydrogen) atoms. The monoisotopic (exact) mass is 338 g/mol. The van der Waals surface area contributed by atoms with Crippen LogP contribution in [-0.4, -0.2) is 28.5 Å². The molecule has 0 bridgehead atoms. The molecule has 0 spiro atoms. The van der Waals surface area contributed by atoms with Crippen molar-refractivity contribution in [3.8, 4) is 0 Å². The molecule has 0 aliphatic carbocycles. The highest BCUT2D eigenvalue weighted by Gasteiger charge is 2.23. The number of benzene rings is 1. The van der Waals surface area contributed by atoms with E-state index < -0.39 is 0 Å². The molecule has 1 amide bonds. The Balaban J connectivity index is 1.70. The largest absolute Gasteiger partial charge is 0.354 e. The van der Waals surface area contributed by atoms with E-state index in [1.54, 1.807) is 0 Å². The summed E-state index contributed by atoms with van der Waals surface area (Å²) >= 11 is 0. The minimum atomic E-state index is -0.156. The molecule has 3 rings (SSSR count). The quantitative estimate of drug-likeness (QED) is 0.907. The Kier molecular flexibility index (Phi) is 5.64. The second kappa shape index (κ2) is 8.10. The molecule has 1 fully saturated rings. The van der Waals surface area contributed by atoms with Gasteiger partial charge in [-0.1, -0.05) is 31.2 Å². The van der Waals surface area contributed by atoms with Gasteiger partial charge in [0.2, 0.25) is 0 Å². The first kappa shape index (κ1) is 17.4. The zero-order chi connectivity index (χ0) is 17.6. The molecule has 1 aliphatic rings. The average molecular weight is 338 g/mol. The molecule has 0 saturated carbocycles. The van der Waals surface area contributed by atoms with Crippen molar-refractivity contribution in [1.29, 1.82) is 0 Å². The van der Waals surface area contributed by atoms with Crippen molar-refractivity contribution in [2.75, 3.05) is 11.4 Å². The zero-order valence-electron chi connectivity index (χ0n) is 15.0. The topological polar surface area (TPSA) is 58.1 Å². The van der Waals surface area contributed by atoms with E-state index >= 15 is 0 Å². The summed E-state index contributed by atoms with van der Waals surface area (Å²) in [4.78, 5) is 23.4. The maximum absolute atomic E-state index is 12.5. The van der Waals surface area contributed by atoms with Crippen molar-refractivity contribution in [2.24, 2.45) is 0 Å². The van der Waals surface area contributed by atoms with Crippen LogP contribution >= 0.6 is 0 Å². The predicted molar refractivity (Wildman–Crippen MR) is 99.7 cm³/mol. The fourth-order valence-electron chi connectivity index (χ4n) is 3.43. The van der Waals surface area contributed by atoms with Gasteiger partial charge in [-0.2, -0.15) is 0 Å². The standard InChI is InChI=1S/C20H26N4O/c1-3-17-10-6-7-11-24(17)19-12-18(22-14-23-19)20(25)21-13-16-9-5-4-8-15(16)2/h4-5,8-9,12,14,17H,3,6-7,10-11,13H2,1-2H3,(H,21,25). The van der Waals surface area contributed by atoms with Crippen LogP contribution in [0.25, 0.3) is 0 Å². The van der Waals surface area contributed by atoms with E-state index in [2.05, 4.69) is 27.1 Å². The van der Waals surface area contributed by atoms with Crippen LogP contribution in [0.2, 0.25) is 0 Å². The first-order valence-electron chi connectivity index (χ1n) is 9.10. The summed E-state index contributed by atoms with van der Waals surface area (Å²) in [5.41, 5.74) is 2.72. The van der Waals surface area contributed by atoms with Gasteiger partial charge in [0.1, 0.15) is 17.8 Å². The molecular formula is C20H26N4O. The molecule has 1 atom stereocenters. The van der Waals surface area contributed by atoms with Crippen molar-refractivity contribution < 1.29 is 4.79 Å². The highest BCUT2D eigenvalue weighted by molar-refractivity contribution is 5.92. The SMILES string of the molecule is CCC1CCCCN1c1cc(C(=O)NCc2ccccc2C)ncn1. The molecule has 1 unspecified atom stereocenters. The first-order valence-corrected chi connectivity index (χ1v) is 9.10. The Bertz CT molecular complexity index is 731. The lowest BCUT2D eigenvalue weighted by atomic mass is 10.00. The number of amides is 1. The van der Waals surface area contributed by atoms with Gasteiger partial charge >= 0.3 is 0 Å². The number of aryl methyl sites for hydroxylation is 1. The maximum Gasteiger partial charge on any atom is 0.270 e. The van der Waals surface area contributed by atoms with E-state index in [9.17, 15) is 4.79 Å². The number of rotatable bonds is 5. The van der Waals surface area contributed by atoms with Crippen LogP contribution in [0, 0.1) is 6.92 Å². The zero-order valence-corrected chi connectivity index (χ0v) is 15.0. The van der Waals surface area contributed by atoms with Crippen molar-refractivity contribution in [3.63, 3.8) is 0 Å². The van der Waals surface area contributed by atoms with Crippen molar-refractivity contribution in [2.45, 2.75) is 52.1 Å². The third-order valence-corrected chi connectivity index (χ3v) is 4.98. The number of piperidine rings is 1. The minimum absolute atomic E-state index is 0.156. The van der Waals surface area contributed by atoms with Gasteiger partial charge in [-0.3, -0.25) is 4.79 Å². The van der Waals surface area contributed by atoms with Gasteiger partial charge in [0.15, 0.2) is 0 Å². The molecule has 2 heterocycles. The van der Waals surface area contributed by atoms with Gasteiger partial charge in [0.05, 0.1) is 0 Å². The van der Waals surface area contributed by atoms with Crippen molar-refractivity contribution in [3.05, 3.63) is 53.5 Å². The highest BCUT2D eigenvalue weighted by atomic mass is 16.1. The van der Waals surface area contributed by atoms with Crippen LogP contribution in [0.1, 0.15) is 54.2 Å². The summed E-state index contributed by atoms with van der Waals surface area (Å²) in [7, 11) is 0. The molecule has 1 aromatic heterocycles. The minimum Gasteiger partial charge on any atom is -0.354 e. The van der Waals surface area contributed by atoms with E-state index in [1.165, 1.54) is 31.2 Å². The smallest absolute Gasteiger partial charge is 0.270 e. The normalized spacial score (nSPS) is 17.4. The molecule has 132 valence electrons. The number of hydrogen-bond acceptors (Lipinski definition) is 4. The summed E-state index contributed by atoms with van der Waals surface area (Å²) in [6, 6.07) is 10.4. The van der Waals surface area contributed by atoms with E-state index in [4.69, 9.17) is 0 Å². The van der Waals surface area contributed by atoms with Crippen LogP contribution in [0.4, 0.5) is 5.82 Å². The number of hydrogen-bond donors (Lipinski definition) is 1. The van der Waals surface area contributed by atoms with E-state index in [1.807, 2.05) is 37.3 Å². The van der Waals surface area contributed by atoms with Crippen LogP contribution < -0.4 is 10.2 Å². The average Bonchev–Trinajstić information content (AvgIpc) is 2.67. The summed E-state index contributed by atoms with van der Waals surface area (Å²) < 4.78 is 0. The molecule has 5 nitrogen and oxygen atoms in total. The van der Waals surface area contributed by atoms with Crippen LogP contribution in [0.15, 0.2) is 36.7 Å². The molecular weight excluding hydrogens is 312 g/mol. The van der Waals surface area contributed by atoms with Gasteiger partial charge in [0.25, 0.3) is 5.91 Å². The van der Waals surface area contributed by atoms with Gasteiger partial charge in [-0.15, -0.1) is 0 Å². The molecule has 1 aromatic carbocycles.